The highest BCUT2D eigenvalue weighted by Crippen LogP contribution is 2.30. The van der Waals surface area contributed by atoms with Crippen LogP contribution in [0, 0.1) is 6.92 Å². The van der Waals surface area contributed by atoms with Gasteiger partial charge in [0.15, 0.2) is 5.65 Å². The van der Waals surface area contributed by atoms with Gasteiger partial charge in [0.05, 0.1) is 22.2 Å². The van der Waals surface area contributed by atoms with E-state index < -0.39 is 0 Å². The van der Waals surface area contributed by atoms with Crippen molar-refractivity contribution < 1.29 is 0 Å². The monoisotopic (exact) mass is 431 g/mol. The van der Waals surface area contributed by atoms with Crippen molar-refractivity contribution in [3.05, 3.63) is 113 Å². The van der Waals surface area contributed by atoms with Crippen LogP contribution >= 0.6 is 0 Å². The van der Waals surface area contributed by atoms with Gasteiger partial charge in [-0.05, 0) is 48.4 Å². The largest absolute Gasteiger partial charge is 0.332 e. The lowest BCUT2D eigenvalue weighted by atomic mass is 10.0. The average molecular weight is 431 g/mol. The third kappa shape index (κ3) is 3.24. The molecule has 6 nitrogen and oxygen atoms in total. The van der Waals surface area contributed by atoms with E-state index in [0.717, 1.165) is 45.7 Å². The maximum atomic E-state index is 12.5. The summed E-state index contributed by atoms with van der Waals surface area (Å²) in [5, 5.41) is 0. The van der Waals surface area contributed by atoms with E-state index in [4.69, 9.17) is 4.98 Å². The number of benzene rings is 3. The number of aromatic amines is 1. The first-order valence-electron chi connectivity index (χ1n) is 10.9. The number of aryl methyl sites for hydroxylation is 1. The standard InChI is InChI=1S/C27H21N5O/c1-18-29-25-22(9-5-11-24(25)31(18)17-19-7-3-2-4-8-19)20-12-14-21(15-13-20)32-26-23(30-27(32)33)10-6-16-28-26/h2-16H,17H2,1H3,(H,30,33). The van der Waals surface area contributed by atoms with Crippen molar-refractivity contribution in [2.45, 2.75) is 13.5 Å². The number of imidazole rings is 2. The minimum Gasteiger partial charge on any atom is -0.324 e. The van der Waals surface area contributed by atoms with Gasteiger partial charge in [-0.15, -0.1) is 0 Å². The molecule has 0 aliphatic rings. The zero-order valence-corrected chi connectivity index (χ0v) is 18.1. The first kappa shape index (κ1) is 19.3. The molecule has 0 aliphatic heterocycles. The predicted octanol–water partition coefficient (Wildman–Crippen LogP) is 5.09. The van der Waals surface area contributed by atoms with E-state index in [1.165, 1.54) is 5.56 Å². The summed E-state index contributed by atoms with van der Waals surface area (Å²) in [6.45, 7) is 2.83. The average Bonchev–Trinajstić information content (AvgIpc) is 3.35. The van der Waals surface area contributed by atoms with Crippen LogP contribution in [0.4, 0.5) is 0 Å². The van der Waals surface area contributed by atoms with E-state index in [2.05, 4.69) is 57.0 Å². The van der Waals surface area contributed by atoms with Gasteiger partial charge in [-0.3, -0.25) is 0 Å². The van der Waals surface area contributed by atoms with E-state index in [1.54, 1.807) is 10.8 Å². The summed E-state index contributed by atoms with van der Waals surface area (Å²) in [7, 11) is 0. The second kappa shape index (κ2) is 7.60. The van der Waals surface area contributed by atoms with Crippen molar-refractivity contribution in [3.8, 4) is 16.8 Å². The van der Waals surface area contributed by atoms with E-state index in [-0.39, 0.29) is 5.69 Å². The van der Waals surface area contributed by atoms with E-state index in [1.807, 2.05) is 49.4 Å². The van der Waals surface area contributed by atoms with Crippen molar-refractivity contribution >= 4 is 22.2 Å². The van der Waals surface area contributed by atoms with Crippen LogP contribution in [-0.4, -0.2) is 24.1 Å². The predicted molar refractivity (Wildman–Crippen MR) is 131 cm³/mol. The molecule has 0 unspecified atom stereocenters. The quantitative estimate of drug-likeness (QED) is 0.423. The normalized spacial score (nSPS) is 11.4. The van der Waals surface area contributed by atoms with Gasteiger partial charge in [0, 0.05) is 18.3 Å². The lowest BCUT2D eigenvalue weighted by Crippen LogP contribution is -2.14. The van der Waals surface area contributed by atoms with E-state index >= 15 is 0 Å². The molecular formula is C27H21N5O. The van der Waals surface area contributed by atoms with Crippen LogP contribution in [0.3, 0.4) is 0 Å². The molecule has 0 aliphatic carbocycles. The van der Waals surface area contributed by atoms with Gasteiger partial charge in [0.1, 0.15) is 5.82 Å². The molecule has 0 radical (unpaired) electrons. The molecule has 0 atom stereocenters. The highest BCUT2D eigenvalue weighted by atomic mass is 16.1. The van der Waals surface area contributed by atoms with Crippen LogP contribution in [0.5, 0.6) is 0 Å². The minimum atomic E-state index is -0.200. The number of hydrogen-bond donors (Lipinski definition) is 1. The fraction of sp³-hybridized carbons (Fsp3) is 0.0741. The molecule has 0 saturated heterocycles. The zero-order chi connectivity index (χ0) is 22.4. The summed E-state index contributed by atoms with van der Waals surface area (Å²) >= 11 is 0. The lowest BCUT2D eigenvalue weighted by molar-refractivity contribution is 0.786. The second-order valence-electron chi connectivity index (χ2n) is 8.09. The molecule has 6 heteroatoms. The van der Waals surface area contributed by atoms with E-state index in [0.29, 0.717) is 5.65 Å². The smallest absolute Gasteiger partial charge is 0.324 e. The van der Waals surface area contributed by atoms with Gasteiger partial charge >= 0.3 is 5.69 Å². The summed E-state index contributed by atoms with van der Waals surface area (Å²) < 4.78 is 3.85. The number of pyridine rings is 1. The van der Waals surface area contributed by atoms with Crippen LogP contribution in [0.2, 0.25) is 0 Å². The van der Waals surface area contributed by atoms with Gasteiger partial charge in [-0.25, -0.2) is 19.3 Å². The van der Waals surface area contributed by atoms with Crippen LogP contribution in [0.1, 0.15) is 11.4 Å². The zero-order valence-electron chi connectivity index (χ0n) is 18.1. The Morgan fingerprint density at radius 2 is 1.70 bits per heavy atom. The lowest BCUT2D eigenvalue weighted by Gasteiger charge is -2.09. The molecule has 160 valence electrons. The third-order valence-corrected chi connectivity index (χ3v) is 6.03. The van der Waals surface area contributed by atoms with Crippen LogP contribution in [0.15, 0.2) is 95.9 Å². The van der Waals surface area contributed by atoms with Gasteiger partial charge in [0.2, 0.25) is 0 Å². The van der Waals surface area contributed by atoms with Gasteiger partial charge in [0.25, 0.3) is 0 Å². The molecule has 6 rings (SSSR count). The Kier molecular flexibility index (Phi) is 4.43. The van der Waals surface area contributed by atoms with Gasteiger partial charge in [-0.1, -0.05) is 54.6 Å². The van der Waals surface area contributed by atoms with Crippen molar-refractivity contribution in [3.63, 3.8) is 0 Å². The summed E-state index contributed by atoms with van der Waals surface area (Å²) in [6, 6.07) is 28.3. The third-order valence-electron chi connectivity index (χ3n) is 6.03. The minimum absolute atomic E-state index is 0.200. The molecule has 3 heterocycles. The number of nitrogens with zero attached hydrogens (tertiary/aromatic N) is 4. The van der Waals surface area contributed by atoms with Crippen molar-refractivity contribution in [1.29, 1.82) is 0 Å². The summed E-state index contributed by atoms with van der Waals surface area (Å²) in [5.41, 5.74) is 7.35. The Morgan fingerprint density at radius 1 is 0.879 bits per heavy atom. The highest BCUT2D eigenvalue weighted by molar-refractivity contribution is 5.92. The molecule has 0 spiro atoms. The van der Waals surface area contributed by atoms with Crippen LogP contribution in [-0.2, 0) is 6.54 Å². The molecule has 33 heavy (non-hydrogen) atoms. The number of rotatable bonds is 4. The molecule has 0 saturated carbocycles. The number of para-hydroxylation sites is 1. The first-order valence-corrected chi connectivity index (χ1v) is 10.9. The number of nitrogens with one attached hydrogen (secondary N) is 1. The van der Waals surface area contributed by atoms with Crippen LogP contribution < -0.4 is 5.69 Å². The number of fused-ring (bicyclic) bond motifs is 2. The highest BCUT2D eigenvalue weighted by Gasteiger charge is 2.14. The van der Waals surface area contributed by atoms with Crippen LogP contribution in [0.25, 0.3) is 39.0 Å². The molecule has 6 aromatic rings. The Balaban J connectivity index is 1.42. The molecule has 1 N–H and O–H groups in total. The SMILES string of the molecule is Cc1nc2c(-c3ccc(-n4c(=O)[nH]c5cccnc54)cc3)cccc2n1Cc1ccccc1. The number of H-pyrrole nitrogens is 1. The molecular weight excluding hydrogens is 410 g/mol. The Hall–Kier alpha value is -4.45. The van der Waals surface area contributed by atoms with Crippen molar-refractivity contribution in [2.24, 2.45) is 0 Å². The Labute approximate surface area is 189 Å². The fourth-order valence-corrected chi connectivity index (χ4v) is 4.43. The summed E-state index contributed by atoms with van der Waals surface area (Å²) in [4.78, 5) is 24.6. The molecule has 3 aromatic carbocycles. The second-order valence-corrected chi connectivity index (χ2v) is 8.09. The van der Waals surface area contributed by atoms with Crippen molar-refractivity contribution in [2.75, 3.05) is 0 Å². The molecule has 3 aromatic heterocycles. The number of hydrogen-bond acceptors (Lipinski definition) is 3. The summed E-state index contributed by atoms with van der Waals surface area (Å²) in [5.74, 6) is 0.981. The molecule has 0 bridgehead atoms. The van der Waals surface area contributed by atoms with Gasteiger partial charge in [-0.2, -0.15) is 0 Å². The van der Waals surface area contributed by atoms with Crippen molar-refractivity contribution in [1.82, 2.24) is 24.1 Å². The fourth-order valence-electron chi connectivity index (χ4n) is 4.43. The topological polar surface area (TPSA) is 68.5 Å². The summed E-state index contributed by atoms with van der Waals surface area (Å²) in [6.07, 6.45) is 1.69. The Bertz CT molecular complexity index is 1660. The molecule has 0 amide bonds. The first-order chi connectivity index (χ1) is 16.2. The molecule has 0 fully saturated rings. The Morgan fingerprint density at radius 3 is 2.52 bits per heavy atom. The maximum Gasteiger partial charge on any atom is 0.332 e. The van der Waals surface area contributed by atoms with E-state index in [9.17, 15) is 4.79 Å². The maximum absolute atomic E-state index is 12.5. The number of aromatic nitrogens is 5. The van der Waals surface area contributed by atoms with Gasteiger partial charge < -0.3 is 9.55 Å².